The molecule has 0 radical (unpaired) electrons. The van der Waals surface area contributed by atoms with Crippen LogP contribution in [0.15, 0.2) is 12.1 Å². The maximum Gasteiger partial charge on any atom is 0.306 e. The number of ether oxygens (including phenoxy) is 1. The van der Waals surface area contributed by atoms with Gasteiger partial charge in [0.15, 0.2) is 0 Å². The number of rotatable bonds is 8. The number of unbranched alkanes of at least 4 members (excludes halogenated alkanes) is 1. The lowest BCUT2D eigenvalue weighted by atomic mass is 9.96. The molecule has 0 aliphatic rings. The number of anilines is 1. The summed E-state index contributed by atoms with van der Waals surface area (Å²) in [5, 5.41) is 13.7. The first-order valence-corrected chi connectivity index (χ1v) is 10.4. The van der Waals surface area contributed by atoms with E-state index in [1.54, 1.807) is 11.3 Å². The molecule has 1 heterocycles. The van der Waals surface area contributed by atoms with Crippen LogP contribution in [0.1, 0.15) is 63.6 Å². The Labute approximate surface area is 166 Å². The van der Waals surface area contributed by atoms with Crippen molar-refractivity contribution < 1.29 is 9.53 Å². The van der Waals surface area contributed by atoms with E-state index in [4.69, 9.17) is 4.74 Å². The minimum Gasteiger partial charge on any atom is -0.460 e. The lowest BCUT2D eigenvalue weighted by Crippen LogP contribution is -2.24. The molecule has 27 heavy (non-hydrogen) atoms. The van der Waals surface area contributed by atoms with Gasteiger partial charge in [0, 0.05) is 18.5 Å². The molecule has 0 fully saturated rings. The van der Waals surface area contributed by atoms with Crippen molar-refractivity contribution >= 4 is 22.4 Å². The van der Waals surface area contributed by atoms with Crippen LogP contribution in [0.2, 0.25) is 0 Å². The number of hydrogen-bond donors (Lipinski definition) is 1. The van der Waals surface area contributed by atoms with Crippen molar-refractivity contribution in [3.05, 3.63) is 28.8 Å². The third-order valence-corrected chi connectivity index (χ3v) is 5.10. The largest absolute Gasteiger partial charge is 0.460 e. The molecule has 0 aliphatic carbocycles. The molecule has 1 N–H and O–H groups in total. The Morgan fingerprint density at radius 3 is 2.44 bits per heavy atom. The number of hydrogen-bond acceptors (Lipinski definition) is 6. The monoisotopic (exact) mass is 389 g/mol. The smallest absolute Gasteiger partial charge is 0.306 e. The van der Waals surface area contributed by atoms with Gasteiger partial charge in [-0.1, -0.05) is 24.7 Å². The Morgan fingerprint density at radius 1 is 1.19 bits per heavy atom. The van der Waals surface area contributed by atoms with Gasteiger partial charge in [-0.2, -0.15) is 0 Å². The van der Waals surface area contributed by atoms with Gasteiger partial charge in [0.1, 0.15) is 10.6 Å². The van der Waals surface area contributed by atoms with Gasteiger partial charge in [-0.25, -0.2) is 0 Å². The van der Waals surface area contributed by atoms with Gasteiger partial charge in [0.25, 0.3) is 0 Å². The van der Waals surface area contributed by atoms with E-state index < -0.39 is 5.60 Å². The summed E-state index contributed by atoms with van der Waals surface area (Å²) >= 11 is 1.58. The topological polar surface area (TPSA) is 64.1 Å². The van der Waals surface area contributed by atoms with E-state index in [2.05, 4.69) is 48.4 Å². The quantitative estimate of drug-likeness (QED) is 0.490. The maximum absolute atomic E-state index is 12.0. The molecule has 6 heteroatoms. The highest BCUT2D eigenvalue weighted by Crippen LogP contribution is 2.30. The van der Waals surface area contributed by atoms with Gasteiger partial charge in [-0.3, -0.25) is 4.79 Å². The number of esters is 1. The molecule has 5 nitrogen and oxygen atoms in total. The summed E-state index contributed by atoms with van der Waals surface area (Å²) in [7, 11) is 0. The molecule has 0 saturated carbocycles. The van der Waals surface area contributed by atoms with Gasteiger partial charge < -0.3 is 10.1 Å². The lowest BCUT2D eigenvalue weighted by molar-refractivity contribution is -0.154. The molecule has 0 atom stereocenters. The summed E-state index contributed by atoms with van der Waals surface area (Å²) in [6.07, 6.45) is 3.36. The summed E-state index contributed by atoms with van der Waals surface area (Å²) in [5.41, 5.74) is 4.18. The highest BCUT2D eigenvalue weighted by Gasteiger charge is 2.17. The first-order valence-electron chi connectivity index (χ1n) is 9.59. The van der Waals surface area contributed by atoms with Crippen LogP contribution in [-0.4, -0.2) is 28.3 Å². The fourth-order valence-corrected chi connectivity index (χ4v) is 3.67. The van der Waals surface area contributed by atoms with Gasteiger partial charge in [0.05, 0.1) is 0 Å². The molecular weight excluding hydrogens is 358 g/mol. The average molecular weight is 390 g/mol. The van der Waals surface area contributed by atoms with Crippen molar-refractivity contribution in [1.82, 2.24) is 10.2 Å². The third-order valence-electron chi connectivity index (χ3n) is 4.17. The van der Waals surface area contributed by atoms with Crippen molar-refractivity contribution in [2.75, 3.05) is 11.9 Å². The summed E-state index contributed by atoms with van der Waals surface area (Å²) in [6, 6.07) is 4.27. The van der Waals surface area contributed by atoms with E-state index >= 15 is 0 Å². The van der Waals surface area contributed by atoms with Crippen LogP contribution >= 0.6 is 11.3 Å². The fraction of sp³-hybridized carbons (Fsp3) is 0.571. The summed E-state index contributed by atoms with van der Waals surface area (Å²) in [5.74, 6) is -0.155. The molecule has 1 aromatic carbocycles. The van der Waals surface area contributed by atoms with Crippen LogP contribution in [0, 0.1) is 13.8 Å². The Bertz CT molecular complexity index is 755. The minimum atomic E-state index is -0.439. The SMILES string of the molecule is CCCCNc1nnc(-c2cc(C)c(CCC(=O)OC(C)(C)C)c(C)c2)s1. The number of nitrogens with one attached hydrogen (secondary N) is 1. The second-order valence-electron chi connectivity index (χ2n) is 7.87. The predicted octanol–water partition coefficient (Wildman–Crippen LogP) is 5.31. The normalized spacial score (nSPS) is 11.5. The highest BCUT2D eigenvalue weighted by atomic mass is 32.1. The number of aryl methyl sites for hydroxylation is 2. The van der Waals surface area contributed by atoms with E-state index in [1.165, 1.54) is 16.7 Å². The van der Waals surface area contributed by atoms with Crippen LogP contribution in [0.5, 0.6) is 0 Å². The molecule has 0 amide bonds. The third kappa shape index (κ3) is 6.61. The molecule has 2 aromatic rings. The number of carbonyl (C=O) groups is 1. The van der Waals surface area contributed by atoms with Gasteiger partial charge in [-0.15, -0.1) is 10.2 Å². The molecule has 2 rings (SSSR count). The fourth-order valence-electron chi connectivity index (χ4n) is 2.91. The Kier molecular flexibility index (Phi) is 7.36. The molecular formula is C21H31N3O2S. The zero-order chi connectivity index (χ0) is 20.0. The molecule has 1 aromatic heterocycles. The van der Waals surface area contributed by atoms with Crippen LogP contribution < -0.4 is 5.32 Å². The Balaban J connectivity index is 2.07. The number of carbonyl (C=O) groups excluding carboxylic acids is 1. The molecule has 0 aliphatic heterocycles. The Hall–Kier alpha value is -1.95. The zero-order valence-corrected chi connectivity index (χ0v) is 18.1. The minimum absolute atomic E-state index is 0.155. The lowest BCUT2D eigenvalue weighted by Gasteiger charge is -2.20. The first-order chi connectivity index (χ1) is 12.7. The van der Waals surface area contributed by atoms with Gasteiger partial charge in [0.2, 0.25) is 5.13 Å². The van der Waals surface area contributed by atoms with Gasteiger partial charge in [-0.05, 0) is 76.3 Å². The average Bonchev–Trinajstić information content (AvgIpc) is 3.01. The van der Waals surface area contributed by atoms with E-state index in [0.717, 1.165) is 35.1 Å². The molecule has 0 bridgehead atoms. The molecule has 0 spiro atoms. The highest BCUT2D eigenvalue weighted by molar-refractivity contribution is 7.18. The summed E-state index contributed by atoms with van der Waals surface area (Å²) < 4.78 is 5.41. The summed E-state index contributed by atoms with van der Waals surface area (Å²) in [6.45, 7) is 12.9. The van der Waals surface area contributed by atoms with Crippen molar-refractivity contribution in [2.45, 2.75) is 72.8 Å². The van der Waals surface area contributed by atoms with E-state index in [0.29, 0.717) is 12.8 Å². The van der Waals surface area contributed by atoms with Crippen LogP contribution in [-0.2, 0) is 16.0 Å². The molecule has 148 valence electrons. The standard InChI is InChI=1S/C21H31N3O2S/c1-7-8-11-22-20-24-23-19(27-20)16-12-14(2)17(15(3)13-16)9-10-18(25)26-21(4,5)6/h12-13H,7-11H2,1-6H3,(H,22,24). The van der Waals surface area contributed by atoms with E-state index in [9.17, 15) is 4.79 Å². The van der Waals surface area contributed by atoms with Crippen molar-refractivity contribution in [1.29, 1.82) is 0 Å². The van der Waals surface area contributed by atoms with Gasteiger partial charge >= 0.3 is 5.97 Å². The second kappa shape index (κ2) is 9.31. The Morgan fingerprint density at radius 2 is 1.85 bits per heavy atom. The first kappa shape index (κ1) is 21.4. The van der Waals surface area contributed by atoms with Crippen LogP contribution in [0.25, 0.3) is 10.6 Å². The van der Waals surface area contributed by atoms with Crippen LogP contribution in [0.3, 0.4) is 0 Å². The predicted molar refractivity (Wildman–Crippen MR) is 112 cm³/mol. The van der Waals surface area contributed by atoms with Crippen molar-refractivity contribution in [3.63, 3.8) is 0 Å². The molecule has 0 unspecified atom stereocenters. The summed E-state index contributed by atoms with van der Waals surface area (Å²) in [4.78, 5) is 12.0. The zero-order valence-electron chi connectivity index (χ0n) is 17.3. The van der Waals surface area contributed by atoms with Crippen molar-refractivity contribution in [2.24, 2.45) is 0 Å². The molecule has 0 saturated heterocycles. The number of aromatic nitrogens is 2. The van der Waals surface area contributed by atoms with Crippen LogP contribution in [0.4, 0.5) is 5.13 Å². The van der Waals surface area contributed by atoms with E-state index in [-0.39, 0.29) is 5.97 Å². The maximum atomic E-state index is 12.0. The van der Waals surface area contributed by atoms with Crippen molar-refractivity contribution in [3.8, 4) is 10.6 Å². The van der Waals surface area contributed by atoms with E-state index in [1.807, 2.05) is 20.8 Å². The number of nitrogens with zero attached hydrogens (tertiary/aromatic N) is 2. The second-order valence-corrected chi connectivity index (χ2v) is 8.85. The number of benzene rings is 1.